The standard InChI is InChI=1S/C21H22ClF3N2O5S2/c1-5-27(3)18(28)12-6-8-13(9-7-12)34(31,32)15-11-10-14(16(22)17(15)33-4)26-19(29)20(2,30)21(23,24)25/h6-11,30H,5H2,1-4H3,(H,26,29). The molecular formula is C21H22ClF3N2O5S2. The Balaban J connectivity index is 2.46. The number of hydrogen-bond donors (Lipinski definition) is 2. The second-order valence-electron chi connectivity index (χ2n) is 7.33. The molecule has 2 amide bonds. The van der Waals surface area contributed by atoms with Crippen LogP contribution in [0.15, 0.2) is 51.1 Å². The number of hydrogen-bond acceptors (Lipinski definition) is 6. The maximum atomic E-state index is 13.2. The summed E-state index contributed by atoms with van der Waals surface area (Å²) in [7, 11) is -2.54. The van der Waals surface area contributed by atoms with E-state index >= 15 is 0 Å². The molecule has 0 radical (unpaired) electrons. The first kappa shape index (κ1) is 28.0. The molecule has 0 heterocycles. The lowest BCUT2D eigenvalue weighted by Crippen LogP contribution is -2.52. The Morgan fingerprint density at radius 1 is 1.15 bits per heavy atom. The van der Waals surface area contributed by atoms with Gasteiger partial charge in [-0.2, -0.15) is 13.2 Å². The van der Waals surface area contributed by atoms with Gasteiger partial charge in [-0.3, -0.25) is 9.59 Å². The molecule has 0 aliphatic carbocycles. The van der Waals surface area contributed by atoms with E-state index in [0.29, 0.717) is 12.1 Å². The Morgan fingerprint density at radius 2 is 1.71 bits per heavy atom. The Morgan fingerprint density at radius 3 is 2.18 bits per heavy atom. The van der Waals surface area contributed by atoms with Crippen LogP contribution in [0.1, 0.15) is 24.2 Å². The molecule has 0 aliphatic rings. The van der Waals surface area contributed by atoms with Crippen molar-refractivity contribution in [2.75, 3.05) is 25.2 Å². The maximum absolute atomic E-state index is 13.2. The summed E-state index contributed by atoms with van der Waals surface area (Å²) in [5.41, 5.74) is -3.70. The number of nitrogens with zero attached hydrogens (tertiary/aromatic N) is 1. The van der Waals surface area contributed by atoms with E-state index in [-0.39, 0.29) is 38.2 Å². The van der Waals surface area contributed by atoms with Gasteiger partial charge in [0.2, 0.25) is 15.4 Å². The van der Waals surface area contributed by atoms with Gasteiger partial charge < -0.3 is 15.3 Å². The van der Waals surface area contributed by atoms with Crippen molar-refractivity contribution < 1.29 is 36.3 Å². The minimum Gasteiger partial charge on any atom is -0.373 e. The van der Waals surface area contributed by atoms with Gasteiger partial charge in [-0.05, 0) is 56.5 Å². The van der Waals surface area contributed by atoms with Gasteiger partial charge in [0, 0.05) is 24.1 Å². The van der Waals surface area contributed by atoms with Crippen molar-refractivity contribution in [3.8, 4) is 0 Å². The van der Waals surface area contributed by atoms with E-state index in [0.717, 1.165) is 23.9 Å². The van der Waals surface area contributed by atoms with E-state index in [1.54, 1.807) is 14.0 Å². The van der Waals surface area contributed by atoms with Gasteiger partial charge in [-0.25, -0.2) is 8.42 Å². The van der Waals surface area contributed by atoms with E-state index in [9.17, 15) is 36.3 Å². The van der Waals surface area contributed by atoms with Crippen LogP contribution in [0.3, 0.4) is 0 Å². The molecule has 0 saturated heterocycles. The molecule has 13 heteroatoms. The topological polar surface area (TPSA) is 104 Å². The molecule has 0 fully saturated rings. The van der Waals surface area contributed by atoms with Crippen LogP contribution < -0.4 is 5.32 Å². The van der Waals surface area contributed by atoms with E-state index in [2.05, 4.69) is 0 Å². The number of carbonyl (C=O) groups is 2. The normalized spacial score (nSPS) is 13.8. The molecule has 186 valence electrons. The Labute approximate surface area is 204 Å². The van der Waals surface area contributed by atoms with Crippen LogP contribution in [0.5, 0.6) is 0 Å². The number of amides is 2. The summed E-state index contributed by atoms with van der Waals surface area (Å²) in [5, 5.41) is 11.1. The zero-order chi connectivity index (χ0) is 26.1. The van der Waals surface area contributed by atoms with Gasteiger partial charge in [0.25, 0.3) is 11.8 Å². The molecule has 7 nitrogen and oxygen atoms in total. The van der Waals surface area contributed by atoms with Gasteiger partial charge >= 0.3 is 6.18 Å². The number of anilines is 1. The van der Waals surface area contributed by atoms with Crippen molar-refractivity contribution in [3.05, 3.63) is 47.0 Å². The van der Waals surface area contributed by atoms with Crippen LogP contribution in [0, 0.1) is 0 Å². The van der Waals surface area contributed by atoms with Crippen LogP contribution in [0.2, 0.25) is 5.02 Å². The van der Waals surface area contributed by atoms with Crippen LogP contribution in [0.4, 0.5) is 18.9 Å². The van der Waals surface area contributed by atoms with Gasteiger partial charge in [0.1, 0.15) is 0 Å². The molecule has 1 unspecified atom stereocenters. The lowest BCUT2D eigenvalue weighted by molar-refractivity contribution is -0.242. The molecule has 0 aromatic heterocycles. The maximum Gasteiger partial charge on any atom is 0.426 e. The Bertz CT molecular complexity index is 1200. The van der Waals surface area contributed by atoms with Crippen molar-refractivity contribution in [3.63, 3.8) is 0 Å². The Hall–Kier alpha value is -2.28. The zero-order valence-corrected chi connectivity index (χ0v) is 20.9. The van der Waals surface area contributed by atoms with Crippen LogP contribution in [-0.2, 0) is 14.6 Å². The number of rotatable bonds is 7. The number of carbonyl (C=O) groups excluding carboxylic acids is 2. The number of thioether (sulfide) groups is 1. The summed E-state index contributed by atoms with van der Waals surface area (Å²) in [4.78, 5) is 25.3. The largest absolute Gasteiger partial charge is 0.426 e. The quantitative estimate of drug-likeness (QED) is 0.511. The molecule has 0 bridgehead atoms. The predicted octanol–water partition coefficient (Wildman–Crippen LogP) is 4.24. The first-order valence-electron chi connectivity index (χ1n) is 9.67. The second kappa shape index (κ2) is 10.1. The fourth-order valence-corrected chi connectivity index (χ4v) is 5.66. The van der Waals surface area contributed by atoms with Crippen LogP contribution >= 0.6 is 23.4 Å². The average Bonchev–Trinajstić information content (AvgIpc) is 2.78. The second-order valence-corrected chi connectivity index (χ2v) is 10.4. The molecule has 2 aromatic rings. The van der Waals surface area contributed by atoms with Crippen LogP contribution in [0.25, 0.3) is 0 Å². The summed E-state index contributed by atoms with van der Waals surface area (Å²) in [6.45, 7) is 2.55. The number of aliphatic hydroxyl groups is 1. The highest BCUT2D eigenvalue weighted by Gasteiger charge is 2.55. The van der Waals surface area contributed by atoms with Gasteiger partial charge in [0.05, 0.1) is 20.5 Å². The van der Waals surface area contributed by atoms with Gasteiger partial charge in [0.15, 0.2) is 0 Å². The van der Waals surface area contributed by atoms with Crippen molar-refractivity contribution in [1.82, 2.24) is 4.90 Å². The number of benzene rings is 2. The fourth-order valence-electron chi connectivity index (χ4n) is 2.68. The summed E-state index contributed by atoms with van der Waals surface area (Å²) in [6.07, 6.45) is -3.74. The average molecular weight is 539 g/mol. The highest BCUT2D eigenvalue weighted by atomic mass is 35.5. The third-order valence-corrected chi connectivity index (χ3v) is 8.31. The minimum absolute atomic E-state index is 0.0167. The molecule has 2 N–H and O–H groups in total. The molecule has 0 saturated carbocycles. The van der Waals surface area contributed by atoms with Crippen molar-refractivity contribution in [1.29, 1.82) is 0 Å². The molecule has 0 spiro atoms. The van der Waals surface area contributed by atoms with Gasteiger partial charge in [-0.1, -0.05) is 11.6 Å². The molecule has 2 aromatic carbocycles. The lowest BCUT2D eigenvalue weighted by Gasteiger charge is -2.25. The third-order valence-electron chi connectivity index (χ3n) is 5.03. The smallest absolute Gasteiger partial charge is 0.373 e. The highest BCUT2D eigenvalue weighted by Crippen LogP contribution is 2.40. The first-order valence-corrected chi connectivity index (χ1v) is 12.8. The monoisotopic (exact) mass is 538 g/mol. The molecular weight excluding hydrogens is 517 g/mol. The van der Waals surface area contributed by atoms with Crippen molar-refractivity contribution >= 4 is 50.7 Å². The number of sulfone groups is 1. The number of alkyl halides is 3. The van der Waals surface area contributed by atoms with E-state index in [4.69, 9.17) is 11.6 Å². The lowest BCUT2D eigenvalue weighted by atomic mass is 10.1. The predicted molar refractivity (Wildman–Crippen MR) is 123 cm³/mol. The molecule has 1 atom stereocenters. The number of nitrogens with one attached hydrogen (secondary N) is 1. The molecule has 0 aliphatic heterocycles. The van der Waals surface area contributed by atoms with E-state index in [1.165, 1.54) is 35.4 Å². The minimum atomic E-state index is -5.24. The van der Waals surface area contributed by atoms with Crippen molar-refractivity contribution in [2.24, 2.45) is 0 Å². The van der Waals surface area contributed by atoms with E-state index in [1.807, 2.05) is 5.32 Å². The number of halogens is 4. The zero-order valence-electron chi connectivity index (χ0n) is 18.5. The molecule has 34 heavy (non-hydrogen) atoms. The highest BCUT2D eigenvalue weighted by molar-refractivity contribution is 7.99. The molecule has 2 rings (SSSR count). The SMILES string of the molecule is CCN(C)C(=O)c1ccc(S(=O)(=O)c2ccc(NC(=O)C(C)(O)C(F)(F)F)c(Cl)c2SC)cc1. The van der Waals surface area contributed by atoms with Gasteiger partial charge in [-0.15, -0.1) is 11.8 Å². The summed E-state index contributed by atoms with van der Waals surface area (Å²) in [5.74, 6) is -2.06. The summed E-state index contributed by atoms with van der Waals surface area (Å²) >= 11 is 7.13. The summed E-state index contributed by atoms with van der Waals surface area (Å²) < 4.78 is 65.2. The van der Waals surface area contributed by atoms with Crippen LogP contribution in [-0.4, -0.2) is 61.9 Å². The van der Waals surface area contributed by atoms with E-state index < -0.39 is 27.5 Å². The first-order chi connectivity index (χ1) is 15.6. The third kappa shape index (κ3) is 5.35. The van der Waals surface area contributed by atoms with Crippen molar-refractivity contribution in [2.45, 2.75) is 40.3 Å². The Kier molecular flexibility index (Phi) is 8.34. The fraction of sp³-hybridized carbons (Fsp3) is 0.333. The summed E-state index contributed by atoms with van der Waals surface area (Å²) in [6, 6.07) is 7.40.